The van der Waals surface area contributed by atoms with Gasteiger partial charge in [-0.1, -0.05) is 41.1 Å². The van der Waals surface area contributed by atoms with E-state index in [1.165, 1.54) is 15.8 Å². The Kier molecular flexibility index (Phi) is 4.97. The highest BCUT2D eigenvalue weighted by Crippen LogP contribution is 2.35. The molecule has 0 radical (unpaired) electrons. The van der Waals surface area contributed by atoms with Gasteiger partial charge in [-0.15, -0.1) is 21.5 Å². The molecule has 5 aromatic rings. The lowest BCUT2D eigenvalue weighted by Gasteiger charge is -2.06. The Bertz CT molecular complexity index is 1270. The van der Waals surface area contributed by atoms with Crippen LogP contribution in [-0.2, 0) is 6.42 Å². The second-order valence-corrected chi connectivity index (χ2v) is 8.88. The Labute approximate surface area is 180 Å². The lowest BCUT2D eigenvalue weighted by molar-refractivity contribution is 1.09. The summed E-state index contributed by atoms with van der Waals surface area (Å²) in [6.45, 7) is 0. The number of halogens is 1. The number of hydrogen-bond acceptors (Lipinski definition) is 6. The third kappa shape index (κ3) is 3.87. The van der Waals surface area contributed by atoms with Gasteiger partial charge in [0.2, 0.25) is 5.13 Å². The van der Waals surface area contributed by atoms with Crippen LogP contribution in [0.1, 0.15) is 10.4 Å². The standard InChI is InChI=1S/C22H15ClN4S2/c23-15-5-7-16(8-6-15)25-22-27-26-21(29-22)18-10-12-28-20(18)13-14-9-11-24-19-4-2-1-3-17(14)19/h1-12H,13H2,(H,25,27). The smallest absolute Gasteiger partial charge is 0.210 e. The summed E-state index contributed by atoms with van der Waals surface area (Å²) in [5.41, 5.74) is 4.36. The van der Waals surface area contributed by atoms with Crippen molar-refractivity contribution < 1.29 is 0 Å². The molecule has 0 saturated carbocycles. The molecule has 3 aromatic heterocycles. The molecule has 0 aliphatic rings. The molecule has 0 fully saturated rings. The van der Waals surface area contributed by atoms with Gasteiger partial charge < -0.3 is 5.32 Å². The summed E-state index contributed by atoms with van der Waals surface area (Å²) >= 11 is 9.24. The van der Waals surface area contributed by atoms with Crippen LogP contribution in [-0.4, -0.2) is 15.2 Å². The third-order valence-electron chi connectivity index (χ3n) is 4.59. The van der Waals surface area contributed by atoms with Crippen LogP contribution >= 0.6 is 34.3 Å². The number of para-hydroxylation sites is 1. The van der Waals surface area contributed by atoms with Crippen molar-refractivity contribution in [3.05, 3.63) is 87.7 Å². The first-order chi connectivity index (χ1) is 14.3. The van der Waals surface area contributed by atoms with Gasteiger partial charge in [-0.25, -0.2) is 0 Å². The molecular weight excluding hydrogens is 420 g/mol. The Morgan fingerprint density at radius 3 is 2.69 bits per heavy atom. The molecule has 0 atom stereocenters. The summed E-state index contributed by atoms with van der Waals surface area (Å²) in [5.74, 6) is 0. The summed E-state index contributed by atoms with van der Waals surface area (Å²) < 4.78 is 0. The van der Waals surface area contributed by atoms with Crippen LogP contribution in [0.3, 0.4) is 0 Å². The van der Waals surface area contributed by atoms with Gasteiger partial charge in [-0.3, -0.25) is 4.98 Å². The van der Waals surface area contributed by atoms with Crippen LogP contribution in [0.5, 0.6) is 0 Å². The Hall–Kier alpha value is -2.80. The zero-order valence-electron chi connectivity index (χ0n) is 15.2. The number of nitrogens with zero attached hydrogens (tertiary/aromatic N) is 3. The van der Waals surface area contributed by atoms with Gasteiger partial charge in [0.1, 0.15) is 0 Å². The molecule has 142 valence electrons. The number of anilines is 2. The van der Waals surface area contributed by atoms with E-state index < -0.39 is 0 Å². The molecule has 0 bridgehead atoms. The topological polar surface area (TPSA) is 50.7 Å². The van der Waals surface area contributed by atoms with Gasteiger partial charge in [-0.05, 0) is 53.4 Å². The first-order valence-corrected chi connectivity index (χ1v) is 11.1. The zero-order chi connectivity index (χ0) is 19.6. The first kappa shape index (κ1) is 18.2. The minimum absolute atomic E-state index is 0.708. The van der Waals surface area contributed by atoms with Crippen molar-refractivity contribution in [2.75, 3.05) is 5.32 Å². The fraction of sp³-hybridized carbons (Fsp3) is 0.0455. The highest BCUT2D eigenvalue weighted by atomic mass is 35.5. The molecule has 2 aromatic carbocycles. The Morgan fingerprint density at radius 2 is 1.79 bits per heavy atom. The fourth-order valence-corrected chi connectivity index (χ4v) is 5.10. The van der Waals surface area contributed by atoms with E-state index in [-0.39, 0.29) is 0 Å². The summed E-state index contributed by atoms with van der Waals surface area (Å²) in [6.07, 6.45) is 2.72. The van der Waals surface area contributed by atoms with Crippen molar-refractivity contribution >= 4 is 56.0 Å². The summed E-state index contributed by atoms with van der Waals surface area (Å²) in [7, 11) is 0. The van der Waals surface area contributed by atoms with Crippen LogP contribution < -0.4 is 5.32 Å². The van der Waals surface area contributed by atoms with Gasteiger partial charge in [0.05, 0.1) is 5.52 Å². The summed E-state index contributed by atoms with van der Waals surface area (Å²) in [6, 6.07) is 20.0. The predicted octanol–water partition coefficient (Wildman–Crippen LogP) is 6.80. The number of thiophene rings is 1. The number of hydrogen-bond donors (Lipinski definition) is 1. The van der Waals surface area contributed by atoms with Gasteiger partial charge in [0.15, 0.2) is 5.01 Å². The predicted molar refractivity (Wildman–Crippen MR) is 123 cm³/mol. The number of pyridine rings is 1. The van der Waals surface area contributed by atoms with Gasteiger partial charge in [0.25, 0.3) is 0 Å². The molecule has 0 aliphatic heterocycles. The Balaban J connectivity index is 1.42. The molecule has 0 aliphatic carbocycles. The van der Waals surface area contributed by atoms with Crippen LogP contribution in [0.15, 0.2) is 72.2 Å². The number of fused-ring (bicyclic) bond motifs is 1. The molecule has 5 rings (SSSR count). The molecule has 0 saturated heterocycles. The van der Waals surface area contributed by atoms with Gasteiger partial charge in [-0.2, -0.15) is 0 Å². The number of rotatable bonds is 5. The quantitative estimate of drug-likeness (QED) is 0.330. The lowest BCUT2D eigenvalue weighted by atomic mass is 10.0. The molecule has 1 N–H and O–H groups in total. The highest BCUT2D eigenvalue weighted by molar-refractivity contribution is 7.19. The molecule has 0 spiro atoms. The van der Waals surface area contributed by atoms with Crippen molar-refractivity contribution in [3.8, 4) is 10.6 Å². The van der Waals surface area contributed by atoms with E-state index in [0.29, 0.717) is 5.02 Å². The van der Waals surface area contributed by atoms with Crippen molar-refractivity contribution in [2.24, 2.45) is 0 Å². The van der Waals surface area contributed by atoms with Crippen molar-refractivity contribution in [1.82, 2.24) is 15.2 Å². The molecule has 4 nitrogen and oxygen atoms in total. The second-order valence-electron chi connectivity index (χ2n) is 6.47. The average molecular weight is 435 g/mol. The lowest BCUT2D eigenvalue weighted by Crippen LogP contribution is -1.91. The maximum Gasteiger partial charge on any atom is 0.210 e. The maximum atomic E-state index is 5.95. The number of nitrogens with one attached hydrogen (secondary N) is 1. The minimum atomic E-state index is 0.708. The third-order valence-corrected chi connectivity index (χ3v) is 6.63. The van der Waals surface area contributed by atoms with Crippen LogP contribution in [0.4, 0.5) is 10.8 Å². The molecule has 0 unspecified atom stereocenters. The van der Waals surface area contributed by atoms with Crippen molar-refractivity contribution in [3.63, 3.8) is 0 Å². The summed E-state index contributed by atoms with van der Waals surface area (Å²) in [4.78, 5) is 5.74. The summed E-state index contributed by atoms with van der Waals surface area (Å²) in [5, 5.41) is 17.7. The average Bonchev–Trinajstić information content (AvgIpc) is 3.39. The van der Waals surface area contributed by atoms with E-state index in [9.17, 15) is 0 Å². The Morgan fingerprint density at radius 1 is 0.931 bits per heavy atom. The van der Waals surface area contributed by atoms with E-state index in [1.54, 1.807) is 22.7 Å². The second kappa shape index (κ2) is 7.91. The molecular formula is C22H15ClN4S2. The normalized spacial score (nSPS) is 11.1. The minimum Gasteiger partial charge on any atom is -0.330 e. The van der Waals surface area contributed by atoms with Crippen molar-refractivity contribution in [2.45, 2.75) is 6.42 Å². The number of benzene rings is 2. The van der Waals surface area contributed by atoms with Crippen molar-refractivity contribution in [1.29, 1.82) is 0 Å². The van der Waals surface area contributed by atoms with E-state index in [0.717, 1.165) is 33.3 Å². The van der Waals surface area contributed by atoms with E-state index in [4.69, 9.17) is 11.6 Å². The van der Waals surface area contributed by atoms with Gasteiger partial charge >= 0.3 is 0 Å². The molecule has 7 heteroatoms. The fourth-order valence-electron chi connectivity index (χ4n) is 3.19. The number of aromatic nitrogens is 3. The SMILES string of the molecule is Clc1ccc(Nc2nnc(-c3ccsc3Cc3ccnc4ccccc34)s2)cc1. The van der Waals surface area contributed by atoms with Gasteiger partial charge in [0, 0.05) is 39.2 Å². The molecule has 3 heterocycles. The maximum absolute atomic E-state index is 5.95. The highest BCUT2D eigenvalue weighted by Gasteiger charge is 2.14. The van der Waals surface area contributed by atoms with Crippen LogP contribution in [0, 0.1) is 0 Å². The van der Waals surface area contributed by atoms with E-state index in [1.807, 2.05) is 42.6 Å². The van der Waals surface area contributed by atoms with Crippen LogP contribution in [0.25, 0.3) is 21.5 Å². The molecule has 29 heavy (non-hydrogen) atoms. The van der Waals surface area contributed by atoms with E-state index >= 15 is 0 Å². The first-order valence-electron chi connectivity index (χ1n) is 9.02. The largest absolute Gasteiger partial charge is 0.330 e. The molecule has 0 amide bonds. The monoisotopic (exact) mass is 434 g/mol. The van der Waals surface area contributed by atoms with Crippen LogP contribution in [0.2, 0.25) is 5.02 Å². The van der Waals surface area contributed by atoms with E-state index in [2.05, 4.69) is 50.1 Å². The zero-order valence-corrected chi connectivity index (χ0v) is 17.6.